The Balaban J connectivity index is 2.35. The van der Waals surface area contributed by atoms with E-state index in [1.165, 1.54) is 25.3 Å². The predicted molar refractivity (Wildman–Crippen MR) is 55.2 cm³/mol. The van der Waals surface area contributed by atoms with Crippen molar-refractivity contribution in [1.29, 1.82) is 0 Å². The zero-order valence-corrected chi connectivity index (χ0v) is 8.34. The van der Waals surface area contributed by atoms with Crippen LogP contribution in [0.3, 0.4) is 0 Å². The highest BCUT2D eigenvalue weighted by atomic mass is 16.1. The average molecular weight is 190 g/mol. The fourth-order valence-electron chi connectivity index (χ4n) is 1.93. The molecule has 0 saturated carbocycles. The molecular weight excluding hydrogens is 176 g/mol. The second-order valence-corrected chi connectivity index (χ2v) is 3.67. The number of aryl methyl sites for hydroxylation is 1. The van der Waals surface area contributed by atoms with E-state index in [4.69, 9.17) is 0 Å². The highest BCUT2D eigenvalue weighted by molar-refractivity contribution is 5.89. The van der Waals surface area contributed by atoms with Crippen LogP contribution in [0.25, 0.3) is 0 Å². The summed E-state index contributed by atoms with van der Waals surface area (Å²) < 4.78 is 0. The lowest BCUT2D eigenvalue weighted by Crippen LogP contribution is -2.13. The molecule has 74 valence electrons. The monoisotopic (exact) mass is 190 g/mol. The summed E-state index contributed by atoms with van der Waals surface area (Å²) in [7, 11) is 0. The Labute approximate surface area is 83.5 Å². The van der Waals surface area contributed by atoms with Gasteiger partial charge in [-0.1, -0.05) is 0 Å². The van der Waals surface area contributed by atoms with Crippen LogP contribution < -0.4 is 5.32 Å². The van der Waals surface area contributed by atoms with Gasteiger partial charge in [-0.15, -0.1) is 0 Å². The topological polar surface area (TPSA) is 42.0 Å². The number of rotatable bonds is 1. The number of carbonyl (C=O) groups is 1. The van der Waals surface area contributed by atoms with Gasteiger partial charge in [0.05, 0.1) is 0 Å². The summed E-state index contributed by atoms with van der Waals surface area (Å²) in [5.41, 5.74) is 3.33. The van der Waals surface area contributed by atoms with Gasteiger partial charge in [-0.2, -0.15) is 0 Å². The van der Waals surface area contributed by atoms with Gasteiger partial charge < -0.3 is 5.32 Å². The second kappa shape index (κ2) is 3.78. The molecule has 1 N–H and O–H groups in total. The first-order chi connectivity index (χ1) is 6.77. The molecule has 0 unspecified atom stereocenters. The first kappa shape index (κ1) is 9.19. The van der Waals surface area contributed by atoms with E-state index in [1.54, 1.807) is 6.20 Å². The molecule has 1 aliphatic rings. The number of anilines is 1. The number of carbonyl (C=O) groups excluding carboxylic acids is 1. The van der Waals surface area contributed by atoms with Crippen molar-refractivity contribution in [2.24, 2.45) is 0 Å². The Kier molecular flexibility index (Phi) is 2.48. The highest BCUT2D eigenvalue weighted by Gasteiger charge is 2.14. The van der Waals surface area contributed by atoms with E-state index in [1.807, 2.05) is 6.07 Å². The van der Waals surface area contributed by atoms with Crippen molar-refractivity contribution in [2.45, 2.75) is 32.6 Å². The van der Waals surface area contributed by atoms with E-state index < -0.39 is 0 Å². The van der Waals surface area contributed by atoms with Crippen molar-refractivity contribution in [2.75, 3.05) is 5.32 Å². The standard InChI is InChI=1S/C11H14N2O/c1-8(14)13-11-6-7-12-10-5-3-2-4-9(10)11/h6-7H,2-5H2,1H3,(H,12,13,14). The first-order valence-corrected chi connectivity index (χ1v) is 5.02. The van der Waals surface area contributed by atoms with E-state index in [9.17, 15) is 4.79 Å². The molecule has 3 heteroatoms. The number of nitrogens with one attached hydrogen (secondary N) is 1. The van der Waals surface area contributed by atoms with Crippen LogP contribution in [0.1, 0.15) is 31.0 Å². The fraction of sp³-hybridized carbons (Fsp3) is 0.455. The van der Waals surface area contributed by atoms with Crippen LogP contribution in [0.4, 0.5) is 5.69 Å². The molecule has 0 radical (unpaired) electrons. The fourth-order valence-corrected chi connectivity index (χ4v) is 1.93. The zero-order chi connectivity index (χ0) is 9.97. The molecule has 1 amide bonds. The van der Waals surface area contributed by atoms with Crippen LogP contribution in [0.5, 0.6) is 0 Å². The molecular formula is C11H14N2O. The number of fused-ring (bicyclic) bond motifs is 1. The largest absolute Gasteiger partial charge is 0.326 e. The number of hydrogen-bond acceptors (Lipinski definition) is 2. The van der Waals surface area contributed by atoms with Crippen LogP contribution in [-0.2, 0) is 17.6 Å². The third kappa shape index (κ3) is 1.76. The average Bonchev–Trinajstić information content (AvgIpc) is 2.18. The summed E-state index contributed by atoms with van der Waals surface area (Å²) in [4.78, 5) is 15.3. The molecule has 0 bridgehead atoms. The SMILES string of the molecule is CC(=O)Nc1ccnc2c1CCCC2. The van der Waals surface area contributed by atoms with E-state index in [0.717, 1.165) is 24.2 Å². The number of hydrogen-bond donors (Lipinski definition) is 1. The summed E-state index contributed by atoms with van der Waals surface area (Å²) in [6.45, 7) is 1.54. The summed E-state index contributed by atoms with van der Waals surface area (Å²) in [6.07, 6.45) is 6.27. The van der Waals surface area contributed by atoms with Crippen molar-refractivity contribution in [3.05, 3.63) is 23.5 Å². The van der Waals surface area contributed by atoms with Crippen LogP contribution in [0.2, 0.25) is 0 Å². The van der Waals surface area contributed by atoms with Gasteiger partial charge in [0.2, 0.25) is 5.91 Å². The van der Waals surface area contributed by atoms with Crippen molar-refractivity contribution < 1.29 is 4.79 Å². The predicted octanol–water partition coefficient (Wildman–Crippen LogP) is 1.92. The maximum Gasteiger partial charge on any atom is 0.221 e. The molecule has 1 aromatic rings. The number of aromatic nitrogens is 1. The van der Waals surface area contributed by atoms with E-state index in [2.05, 4.69) is 10.3 Å². The Morgan fingerprint density at radius 1 is 1.43 bits per heavy atom. The molecule has 2 rings (SSSR count). The van der Waals surface area contributed by atoms with Gasteiger partial charge in [0, 0.05) is 24.5 Å². The van der Waals surface area contributed by atoms with Gasteiger partial charge in [0.1, 0.15) is 0 Å². The molecule has 0 aliphatic heterocycles. The lowest BCUT2D eigenvalue weighted by atomic mass is 9.95. The molecule has 1 aromatic heterocycles. The van der Waals surface area contributed by atoms with Gasteiger partial charge in [0.25, 0.3) is 0 Å². The first-order valence-electron chi connectivity index (χ1n) is 5.02. The minimum atomic E-state index is -0.0102. The summed E-state index contributed by atoms with van der Waals surface area (Å²) in [6, 6.07) is 1.88. The lowest BCUT2D eigenvalue weighted by Gasteiger charge is -2.17. The zero-order valence-electron chi connectivity index (χ0n) is 8.34. The van der Waals surface area contributed by atoms with Gasteiger partial charge in [-0.25, -0.2) is 0 Å². The Hall–Kier alpha value is -1.38. The van der Waals surface area contributed by atoms with Gasteiger partial charge in [0.15, 0.2) is 0 Å². The maximum absolute atomic E-state index is 11.0. The molecule has 1 aliphatic carbocycles. The number of nitrogens with zero attached hydrogens (tertiary/aromatic N) is 1. The van der Waals surface area contributed by atoms with Gasteiger partial charge >= 0.3 is 0 Å². The highest BCUT2D eigenvalue weighted by Crippen LogP contribution is 2.25. The minimum Gasteiger partial charge on any atom is -0.326 e. The van der Waals surface area contributed by atoms with E-state index in [0.29, 0.717) is 0 Å². The van der Waals surface area contributed by atoms with Crippen molar-refractivity contribution in [3.63, 3.8) is 0 Å². The quantitative estimate of drug-likeness (QED) is 0.735. The van der Waals surface area contributed by atoms with E-state index in [-0.39, 0.29) is 5.91 Å². The minimum absolute atomic E-state index is 0.0102. The van der Waals surface area contributed by atoms with Crippen molar-refractivity contribution in [3.8, 4) is 0 Å². The Bertz CT molecular complexity index is 360. The number of pyridine rings is 1. The van der Waals surface area contributed by atoms with Crippen LogP contribution in [0.15, 0.2) is 12.3 Å². The Morgan fingerprint density at radius 2 is 2.21 bits per heavy atom. The smallest absolute Gasteiger partial charge is 0.221 e. The molecule has 0 atom stereocenters. The molecule has 0 saturated heterocycles. The maximum atomic E-state index is 11.0. The summed E-state index contributed by atoms with van der Waals surface area (Å²) in [5, 5.41) is 2.85. The summed E-state index contributed by atoms with van der Waals surface area (Å²) >= 11 is 0. The number of amides is 1. The van der Waals surface area contributed by atoms with Crippen molar-refractivity contribution in [1.82, 2.24) is 4.98 Å². The van der Waals surface area contributed by atoms with E-state index >= 15 is 0 Å². The van der Waals surface area contributed by atoms with Crippen LogP contribution in [0, 0.1) is 0 Å². The third-order valence-electron chi connectivity index (χ3n) is 2.55. The third-order valence-corrected chi connectivity index (χ3v) is 2.55. The summed E-state index contributed by atoms with van der Waals surface area (Å²) in [5.74, 6) is -0.0102. The normalized spacial score (nSPS) is 14.6. The Morgan fingerprint density at radius 3 is 3.00 bits per heavy atom. The van der Waals surface area contributed by atoms with Gasteiger partial charge in [-0.05, 0) is 37.3 Å². The molecule has 14 heavy (non-hydrogen) atoms. The second-order valence-electron chi connectivity index (χ2n) is 3.67. The van der Waals surface area contributed by atoms with Crippen molar-refractivity contribution >= 4 is 11.6 Å². The molecule has 0 fully saturated rings. The lowest BCUT2D eigenvalue weighted by molar-refractivity contribution is -0.114. The molecule has 3 nitrogen and oxygen atoms in total. The molecule has 0 aromatic carbocycles. The van der Waals surface area contributed by atoms with Gasteiger partial charge in [-0.3, -0.25) is 9.78 Å². The molecule has 0 spiro atoms. The molecule has 1 heterocycles. The van der Waals surface area contributed by atoms with Crippen LogP contribution in [-0.4, -0.2) is 10.9 Å². The van der Waals surface area contributed by atoms with Crippen LogP contribution >= 0.6 is 0 Å².